The number of anilines is 1. The Kier molecular flexibility index (Phi) is 5.17. The Hall–Kier alpha value is -2.53. The number of hydrogen-bond acceptors (Lipinski definition) is 3. The molecule has 0 aromatic heterocycles. The summed E-state index contributed by atoms with van der Waals surface area (Å²) in [4.78, 5) is 11.7. The van der Waals surface area contributed by atoms with Crippen LogP contribution in [-0.2, 0) is 0 Å². The normalized spacial score (nSPS) is 11.5. The van der Waals surface area contributed by atoms with Crippen LogP contribution in [0.5, 0.6) is 5.75 Å². The molecule has 0 fully saturated rings. The van der Waals surface area contributed by atoms with E-state index in [2.05, 4.69) is 10.6 Å². The van der Waals surface area contributed by atoms with Crippen LogP contribution >= 0.6 is 0 Å². The molecule has 21 heavy (non-hydrogen) atoms. The number of carbonyl (C=O) groups excluding carboxylic acids is 1. The molecule has 2 aromatic rings. The zero-order valence-electron chi connectivity index (χ0n) is 11.7. The number of para-hydroxylation sites is 2. The van der Waals surface area contributed by atoms with E-state index in [1.54, 1.807) is 31.4 Å². The van der Waals surface area contributed by atoms with Crippen molar-refractivity contribution in [1.29, 1.82) is 0 Å². The summed E-state index contributed by atoms with van der Waals surface area (Å²) < 4.78 is 5.18. The fraction of sp³-hybridized carbons (Fsp3) is 0.188. The molecule has 5 nitrogen and oxygen atoms in total. The smallest absolute Gasteiger partial charge is 0.319 e. The summed E-state index contributed by atoms with van der Waals surface area (Å²) in [5.41, 5.74) is 1.33. The summed E-state index contributed by atoms with van der Waals surface area (Å²) in [7, 11) is 1.54. The molecule has 2 aromatic carbocycles. The topological polar surface area (TPSA) is 70.6 Å². The van der Waals surface area contributed by atoms with Gasteiger partial charge in [-0.05, 0) is 18.2 Å². The minimum Gasteiger partial charge on any atom is -0.496 e. The molecule has 0 spiro atoms. The van der Waals surface area contributed by atoms with Crippen LogP contribution in [0.1, 0.15) is 11.7 Å². The van der Waals surface area contributed by atoms with Crippen LogP contribution in [0.25, 0.3) is 0 Å². The van der Waals surface area contributed by atoms with E-state index in [1.165, 1.54) is 0 Å². The van der Waals surface area contributed by atoms with E-state index < -0.39 is 6.10 Å². The van der Waals surface area contributed by atoms with Gasteiger partial charge in [0.15, 0.2) is 0 Å². The van der Waals surface area contributed by atoms with E-state index in [4.69, 9.17) is 4.74 Å². The monoisotopic (exact) mass is 286 g/mol. The van der Waals surface area contributed by atoms with Crippen molar-refractivity contribution in [3.05, 3.63) is 60.2 Å². The number of amides is 2. The number of hydrogen-bond donors (Lipinski definition) is 3. The number of aliphatic hydroxyl groups is 1. The van der Waals surface area contributed by atoms with Gasteiger partial charge >= 0.3 is 6.03 Å². The maximum absolute atomic E-state index is 11.7. The third-order valence-electron chi connectivity index (χ3n) is 2.99. The van der Waals surface area contributed by atoms with Crippen LogP contribution in [0.3, 0.4) is 0 Å². The molecule has 0 heterocycles. The first-order valence-electron chi connectivity index (χ1n) is 6.61. The number of ether oxygens (including phenoxy) is 1. The Labute approximate surface area is 123 Å². The Morgan fingerprint density at radius 2 is 1.81 bits per heavy atom. The quantitative estimate of drug-likeness (QED) is 0.791. The SMILES string of the molecule is COc1ccccc1C(O)CNC(=O)Nc1ccccc1. The molecular formula is C16H18N2O3. The largest absolute Gasteiger partial charge is 0.496 e. The molecule has 0 aliphatic carbocycles. The summed E-state index contributed by atoms with van der Waals surface area (Å²) in [6.45, 7) is 0.0963. The molecule has 5 heteroatoms. The van der Waals surface area contributed by atoms with Crippen molar-refractivity contribution in [2.75, 3.05) is 19.0 Å². The molecule has 0 saturated carbocycles. The predicted molar refractivity (Wildman–Crippen MR) is 81.4 cm³/mol. The molecule has 0 radical (unpaired) electrons. The molecule has 0 aliphatic heterocycles. The van der Waals surface area contributed by atoms with Crippen LogP contribution in [0.4, 0.5) is 10.5 Å². The van der Waals surface area contributed by atoms with Gasteiger partial charge in [0.1, 0.15) is 5.75 Å². The number of urea groups is 1. The highest BCUT2D eigenvalue weighted by Crippen LogP contribution is 2.23. The molecule has 3 N–H and O–H groups in total. The fourth-order valence-electron chi connectivity index (χ4n) is 1.94. The van der Waals surface area contributed by atoms with Gasteiger partial charge in [0.2, 0.25) is 0 Å². The van der Waals surface area contributed by atoms with Gasteiger partial charge in [0.25, 0.3) is 0 Å². The van der Waals surface area contributed by atoms with Gasteiger partial charge in [-0.2, -0.15) is 0 Å². The van der Waals surface area contributed by atoms with Crippen molar-refractivity contribution >= 4 is 11.7 Å². The van der Waals surface area contributed by atoms with E-state index in [0.717, 1.165) is 0 Å². The molecule has 2 amide bonds. The van der Waals surface area contributed by atoms with Gasteiger partial charge in [-0.3, -0.25) is 0 Å². The second-order valence-electron chi connectivity index (χ2n) is 4.46. The van der Waals surface area contributed by atoms with E-state index >= 15 is 0 Å². The Balaban J connectivity index is 1.89. The number of rotatable bonds is 5. The molecule has 0 saturated heterocycles. The van der Waals surface area contributed by atoms with Crippen molar-refractivity contribution in [3.63, 3.8) is 0 Å². The van der Waals surface area contributed by atoms with Gasteiger partial charge in [-0.25, -0.2) is 4.79 Å². The minimum atomic E-state index is -0.831. The average molecular weight is 286 g/mol. The van der Waals surface area contributed by atoms with E-state index in [9.17, 15) is 9.90 Å². The lowest BCUT2D eigenvalue weighted by Gasteiger charge is -2.15. The molecule has 0 aliphatic rings. The number of benzene rings is 2. The summed E-state index contributed by atoms with van der Waals surface area (Å²) in [6.07, 6.45) is -0.831. The molecule has 2 rings (SSSR count). The lowest BCUT2D eigenvalue weighted by Crippen LogP contribution is -2.32. The standard InChI is InChI=1S/C16H18N2O3/c1-21-15-10-6-5-9-13(15)14(19)11-17-16(20)18-12-7-3-2-4-8-12/h2-10,14,19H,11H2,1H3,(H2,17,18,20). The molecule has 0 bridgehead atoms. The number of nitrogens with one attached hydrogen (secondary N) is 2. The minimum absolute atomic E-state index is 0.0963. The summed E-state index contributed by atoms with van der Waals surface area (Å²) in [5, 5.41) is 15.4. The van der Waals surface area contributed by atoms with Crippen LogP contribution in [-0.4, -0.2) is 24.8 Å². The highest BCUT2D eigenvalue weighted by atomic mass is 16.5. The lowest BCUT2D eigenvalue weighted by molar-refractivity contribution is 0.171. The second kappa shape index (κ2) is 7.31. The first kappa shape index (κ1) is 14.9. The summed E-state index contributed by atoms with van der Waals surface area (Å²) in [5.74, 6) is 0.593. The zero-order chi connectivity index (χ0) is 15.1. The first-order chi connectivity index (χ1) is 10.2. The van der Waals surface area contributed by atoms with Gasteiger partial charge in [0.05, 0.1) is 13.2 Å². The lowest BCUT2D eigenvalue weighted by atomic mass is 10.1. The highest BCUT2D eigenvalue weighted by Gasteiger charge is 2.13. The number of aliphatic hydroxyl groups excluding tert-OH is 1. The highest BCUT2D eigenvalue weighted by molar-refractivity contribution is 5.89. The van der Waals surface area contributed by atoms with Crippen molar-refractivity contribution in [2.45, 2.75) is 6.10 Å². The van der Waals surface area contributed by atoms with Crippen molar-refractivity contribution in [1.82, 2.24) is 5.32 Å². The number of carbonyl (C=O) groups is 1. The third kappa shape index (κ3) is 4.22. The van der Waals surface area contributed by atoms with Crippen LogP contribution in [0.2, 0.25) is 0 Å². The van der Waals surface area contributed by atoms with Gasteiger partial charge in [0, 0.05) is 17.8 Å². The van der Waals surface area contributed by atoms with Crippen LogP contribution in [0.15, 0.2) is 54.6 Å². The summed E-state index contributed by atoms with van der Waals surface area (Å²) in [6, 6.07) is 15.9. The summed E-state index contributed by atoms with van der Waals surface area (Å²) >= 11 is 0. The predicted octanol–water partition coefficient (Wildman–Crippen LogP) is 2.55. The van der Waals surface area contributed by atoms with Crippen molar-refractivity contribution in [2.24, 2.45) is 0 Å². The Bertz CT molecular complexity index is 587. The first-order valence-corrected chi connectivity index (χ1v) is 6.61. The van der Waals surface area contributed by atoms with Crippen LogP contribution < -0.4 is 15.4 Å². The second-order valence-corrected chi connectivity index (χ2v) is 4.46. The zero-order valence-corrected chi connectivity index (χ0v) is 11.7. The molecule has 110 valence electrons. The fourth-order valence-corrected chi connectivity index (χ4v) is 1.94. The van der Waals surface area contributed by atoms with Gasteiger partial charge in [-0.15, -0.1) is 0 Å². The van der Waals surface area contributed by atoms with Gasteiger partial charge < -0.3 is 20.5 Å². The van der Waals surface area contributed by atoms with Gasteiger partial charge in [-0.1, -0.05) is 36.4 Å². The van der Waals surface area contributed by atoms with E-state index in [0.29, 0.717) is 17.0 Å². The Morgan fingerprint density at radius 1 is 1.14 bits per heavy atom. The van der Waals surface area contributed by atoms with Crippen molar-refractivity contribution in [3.8, 4) is 5.75 Å². The van der Waals surface area contributed by atoms with E-state index in [-0.39, 0.29) is 12.6 Å². The average Bonchev–Trinajstić information content (AvgIpc) is 2.53. The van der Waals surface area contributed by atoms with E-state index in [1.807, 2.05) is 30.3 Å². The number of methoxy groups -OCH3 is 1. The van der Waals surface area contributed by atoms with Crippen molar-refractivity contribution < 1.29 is 14.6 Å². The maximum atomic E-state index is 11.7. The molecular weight excluding hydrogens is 268 g/mol. The molecule has 1 atom stereocenters. The Morgan fingerprint density at radius 3 is 2.52 bits per heavy atom. The molecule has 1 unspecified atom stereocenters. The van der Waals surface area contributed by atoms with Crippen LogP contribution in [0, 0.1) is 0 Å². The third-order valence-corrected chi connectivity index (χ3v) is 2.99. The maximum Gasteiger partial charge on any atom is 0.319 e.